The van der Waals surface area contributed by atoms with E-state index in [4.69, 9.17) is 0 Å². The third kappa shape index (κ3) is 4.63. The van der Waals surface area contributed by atoms with E-state index < -0.39 is 0 Å². The van der Waals surface area contributed by atoms with Crippen molar-refractivity contribution in [2.75, 3.05) is 0 Å². The summed E-state index contributed by atoms with van der Waals surface area (Å²) >= 11 is 11.7. The Bertz CT molecular complexity index is 1810. The van der Waals surface area contributed by atoms with Gasteiger partial charge in [0.15, 0.2) is 0 Å². The zero-order valence-electron chi connectivity index (χ0n) is 20.8. The topological polar surface area (TPSA) is 0 Å². The first-order valence-electron chi connectivity index (χ1n) is 12.7. The minimum atomic E-state index is 1.08. The third-order valence-corrected chi connectivity index (χ3v) is 9.34. The monoisotopic (exact) mass is 690 g/mol. The lowest BCUT2D eigenvalue weighted by Gasteiger charge is -2.16. The molecule has 0 N–H and O–H groups in total. The average Bonchev–Trinajstić information content (AvgIpc) is 2.95. The highest BCUT2D eigenvalue weighted by Crippen LogP contribution is 2.42. The summed E-state index contributed by atoms with van der Waals surface area (Å²) in [5, 5.41) is 7.33. The molecule has 0 amide bonds. The maximum Gasteiger partial charge on any atom is 0.0260 e. The lowest BCUT2D eigenvalue weighted by atomic mass is 9.91. The number of halogens is 3. The van der Waals surface area contributed by atoms with Crippen LogP contribution in [-0.4, -0.2) is 0 Å². The van der Waals surface area contributed by atoms with E-state index in [1.165, 1.54) is 65.7 Å². The van der Waals surface area contributed by atoms with Gasteiger partial charge in [-0.15, -0.1) is 0 Å². The second-order valence-electron chi connectivity index (χ2n) is 9.84. The first kappa shape index (κ1) is 24.8. The normalized spacial score (nSPS) is 11.5. The van der Waals surface area contributed by atoms with Crippen molar-refractivity contribution in [3.8, 4) is 33.4 Å². The van der Waals surface area contributed by atoms with E-state index in [1.807, 2.05) is 0 Å². The molecule has 0 aliphatic rings. The van der Waals surface area contributed by atoms with Crippen molar-refractivity contribution < 1.29 is 0 Å². The van der Waals surface area contributed by atoms with Crippen LogP contribution in [0.3, 0.4) is 0 Å². The fraction of sp³-hybridized carbons (Fsp3) is 0. The molecule has 0 aliphatic carbocycles. The summed E-state index contributed by atoms with van der Waals surface area (Å²) in [6, 6.07) is 46.0. The lowest BCUT2D eigenvalue weighted by Crippen LogP contribution is -1.90. The van der Waals surface area contributed by atoms with Crippen molar-refractivity contribution in [1.29, 1.82) is 0 Å². The van der Waals surface area contributed by atoms with Crippen LogP contribution in [0.4, 0.5) is 0 Å². The molecule has 0 unspecified atom stereocenters. The maximum atomic E-state index is 3.89. The predicted octanol–water partition coefficient (Wildman–Crippen LogP) is 12.4. The number of fused-ring (bicyclic) bond motifs is 3. The predicted molar refractivity (Wildman–Crippen MR) is 178 cm³/mol. The van der Waals surface area contributed by atoms with Crippen LogP contribution < -0.4 is 0 Å². The van der Waals surface area contributed by atoms with Crippen LogP contribution in [0.5, 0.6) is 0 Å². The van der Waals surface area contributed by atoms with Gasteiger partial charge in [-0.1, -0.05) is 121 Å². The van der Waals surface area contributed by atoms with Crippen LogP contribution in [0, 0.1) is 0 Å². The molecule has 0 radical (unpaired) electrons. The summed E-state index contributed by atoms with van der Waals surface area (Å²) in [7, 11) is 0. The molecule has 0 saturated carbocycles. The summed E-state index contributed by atoms with van der Waals surface area (Å²) in [6.07, 6.45) is 0. The lowest BCUT2D eigenvalue weighted by molar-refractivity contribution is 1.56. The zero-order chi connectivity index (χ0) is 26.5. The van der Waals surface area contributed by atoms with Gasteiger partial charge >= 0.3 is 0 Å². The fourth-order valence-electron chi connectivity index (χ4n) is 5.40. The van der Waals surface area contributed by atoms with E-state index in [9.17, 15) is 0 Å². The molecule has 0 aromatic heterocycles. The summed E-state index contributed by atoms with van der Waals surface area (Å²) in [6.45, 7) is 0. The number of hydrogen-bond acceptors (Lipinski definition) is 0. The molecule has 0 atom stereocenters. The Morgan fingerprint density at radius 1 is 0.282 bits per heavy atom. The number of rotatable bonds is 3. The van der Waals surface area contributed by atoms with Gasteiger partial charge < -0.3 is 0 Å². The molecule has 0 nitrogen and oxygen atoms in total. The Kier molecular flexibility index (Phi) is 6.39. The highest BCUT2D eigenvalue weighted by Gasteiger charge is 2.15. The van der Waals surface area contributed by atoms with Gasteiger partial charge in [0.1, 0.15) is 0 Å². The van der Waals surface area contributed by atoms with E-state index in [0.29, 0.717) is 0 Å². The van der Waals surface area contributed by atoms with Gasteiger partial charge in [-0.2, -0.15) is 0 Å². The van der Waals surface area contributed by atoms with E-state index in [0.717, 1.165) is 13.4 Å². The van der Waals surface area contributed by atoms with Crippen LogP contribution in [-0.2, 0) is 0 Å². The summed E-state index contributed by atoms with van der Waals surface area (Å²) < 4.78 is 3.25. The molecule has 0 fully saturated rings. The van der Waals surface area contributed by atoms with Gasteiger partial charge in [0.05, 0.1) is 0 Å². The van der Waals surface area contributed by atoms with Gasteiger partial charge in [-0.3, -0.25) is 0 Å². The first-order valence-corrected chi connectivity index (χ1v) is 15.1. The largest absolute Gasteiger partial charge is 0.0616 e. The van der Waals surface area contributed by atoms with Gasteiger partial charge in [-0.25, -0.2) is 0 Å². The van der Waals surface area contributed by atoms with Crippen LogP contribution in [0.2, 0.25) is 0 Å². The van der Waals surface area contributed by atoms with Crippen molar-refractivity contribution in [3.63, 3.8) is 0 Å². The van der Waals surface area contributed by atoms with Crippen molar-refractivity contribution in [2.45, 2.75) is 0 Å². The molecule has 39 heavy (non-hydrogen) atoms. The SMILES string of the molecule is Brc1cc2ccccc2cc1-c1cc(-c2cc3ccccc3cc2Br)cc(-c2cc3ccccc3cc2Br)c1. The number of benzene rings is 7. The molecule has 0 spiro atoms. The Morgan fingerprint density at radius 2 is 0.513 bits per heavy atom. The van der Waals surface area contributed by atoms with Gasteiger partial charge in [0.25, 0.3) is 0 Å². The average molecular weight is 693 g/mol. The van der Waals surface area contributed by atoms with E-state index in [1.54, 1.807) is 0 Å². The van der Waals surface area contributed by atoms with Crippen molar-refractivity contribution >= 4 is 80.1 Å². The highest BCUT2D eigenvalue weighted by atomic mass is 79.9. The van der Waals surface area contributed by atoms with Gasteiger partial charge in [0, 0.05) is 13.4 Å². The molecule has 7 aromatic rings. The van der Waals surface area contributed by atoms with Crippen LogP contribution >= 0.6 is 47.8 Å². The van der Waals surface area contributed by atoms with Gasteiger partial charge in [0.2, 0.25) is 0 Å². The van der Waals surface area contributed by atoms with Crippen molar-refractivity contribution in [2.24, 2.45) is 0 Å². The Balaban J connectivity index is 1.51. The smallest absolute Gasteiger partial charge is 0.0260 e. The van der Waals surface area contributed by atoms with Gasteiger partial charge in [-0.05, 0) is 120 Å². The zero-order valence-corrected chi connectivity index (χ0v) is 25.5. The number of hydrogen-bond donors (Lipinski definition) is 0. The molecule has 7 aromatic carbocycles. The van der Waals surface area contributed by atoms with Crippen LogP contribution in [0.25, 0.3) is 65.7 Å². The molecular formula is C36H21Br3. The molecule has 0 bridgehead atoms. The second-order valence-corrected chi connectivity index (χ2v) is 12.4. The molecule has 0 heterocycles. The molecule has 186 valence electrons. The standard InChI is InChI=1S/C36H21Br3/c37-34-19-25-10-4-1-7-22(25)16-31(34)28-13-29(32-17-23-8-2-5-11-26(23)20-35(32)38)15-30(14-28)33-18-24-9-3-6-12-27(24)21-36(33)39/h1-21H. The molecule has 7 rings (SSSR count). The van der Waals surface area contributed by atoms with Crippen molar-refractivity contribution in [3.05, 3.63) is 141 Å². The molecule has 0 aliphatic heterocycles. The van der Waals surface area contributed by atoms with Crippen LogP contribution in [0.15, 0.2) is 141 Å². The highest BCUT2D eigenvalue weighted by molar-refractivity contribution is 9.11. The van der Waals surface area contributed by atoms with Crippen molar-refractivity contribution in [1.82, 2.24) is 0 Å². The van der Waals surface area contributed by atoms with Crippen LogP contribution in [0.1, 0.15) is 0 Å². The van der Waals surface area contributed by atoms with E-state index in [2.05, 4.69) is 175 Å². The maximum absolute atomic E-state index is 3.89. The second kappa shape index (κ2) is 10.1. The first-order chi connectivity index (χ1) is 19.0. The minimum Gasteiger partial charge on any atom is -0.0616 e. The molecule has 0 saturated heterocycles. The van der Waals surface area contributed by atoms with E-state index in [-0.39, 0.29) is 0 Å². The minimum absolute atomic E-state index is 1.08. The van der Waals surface area contributed by atoms with E-state index >= 15 is 0 Å². The molecular weight excluding hydrogens is 672 g/mol. The fourth-order valence-corrected chi connectivity index (χ4v) is 7.17. The summed E-state index contributed by atoms with van der Waals surface area (Å²) in [5.74, 6) is 0. The quantitative estimate of drug-likeness (QED) is 0.173. The Morgan fingerprint density at radius 3 is 0.769 bits per heavy atom. The summed E-state index contributed by atoms with van der Waals surface area (Å²) in [5.41, 5.74) is 7.02. The summed E-state index contributed by atoms with van der Waals surface area (Å²) in [4.78, 5) is 0. The Labute approximate surface area is 252 Å². The third-order valence-electron chi connectivity index (χ3n) is 7.37. The molecule has 3 heteroatoms. The Hall–Kier alpha value is -3.24.